The number of amides is 2. The monoisotopic (exact) mass is 352 g/mol. The highest BCUT2D eigenvalue weighted by molar-refractivity contribution is 5.94. The Morgan fingerprint density at radius 2 is 1.69 bits per heavy atom. The predicted molar refractivity (Wildman–Crippen MR) is 100 cm³/mol. The molecule has 0 aromatic heterocycles. The minimum atomic E-state index is -0.338. The molecule has 0 bridgehead atoms. The highest BCUT2D eigenvalue weighted by atomic mass is 16.6. The fraction of sp³-hybridized carbons (Fsp3) is 0.333. The van der Waals surface area contributed by atoms with E-state index in [4.69, 9.17) is 4.74 Å². The molecule has 0 unspecified atom stereocenters. The van der Waals surface area contributed by atoms with Crippen molar-refractivity contribution in [2.75, 3.05) is 13.1 Å². The Hall–Kier alpha value is -2.82. The third-order valence-corrected chi connectivity index (χ3v) is 4.81. The highest BCUT2D eigenvalue weighted by Crippen LogP contribution is 2.16. The van der Waals surface area contributed by atoms with E-state index in [9.17, 15) is 9.59 Å². The van der Waals surface area contributed by atoms with Gasteiger partial charge >= 0.3 is 6.09 Å². The van der Waals surface area contributed by atoms with Gasteiger partial charge in [0, 0.05) is 24.7 Å². The number of benzene rings is 2. The molecule has 0 atom stereocenters. The number of carbonyl (C=O) groups is 2. The Bertz CT molecular complexity index is 781. The molecule has 136 valence electrons. The van der Waals surface area contributed by atoms with E-state index in [0.717, 1.165) is 18.4 Å². The summed E-state index contributed by atoms with van der Waals surface area (Å²) in [6, 6.07) is 14.9. The second-order valence-corrected chi connectivity index (χ2v) is 6.71. The number of nitrogens with one attached hydrogen (secondary N) is 1. The number of aryl methyl sites for hydroxylation is 2. The third kappa shape index (κ3) is 4.42. The lowest BCUT2D eigenvalue weighted by atomic mass is 10.0. The molecule has 1 fully saturated rings. The van der Waals surface area contributed by atoms with Gasteiger partial charge in [0.2, 0.25) is 0 Å². The molecule has 1 aliphatic heterocycles. The maximum Gasteiger partial charge on any atom is 0.415 e. The molecule has 0 radical (unpaired) electrons. The van der Waals surface area contributed by atoms with E-state index < -0.39 is 0 Å². The Morgan fingerprint density at radius 3 is 2.35 bits per heavy atom. The van der Waals surface area contributed by atoms with Gasteiger partial charge in [0.05, 0.1) is 0 Å². The topological polar surface area (TPSA) is 58.6 Å². The Labute approximate surface area is 154 Å². The van der Waals surface area contributed by atoms with Crippen LogP contribution in [-0.4, -0.2) is 36.0 Å². The first-order valence-corrected chi connectivity index (χ1v) is 8.93. The van der Waals surface area contributed by atoms with Crippen LogP contribution < -0.4 is 10.1 Å². The number of likely N-dealkylation sites (tertiary alicyclic amines) is 1. The SMILES string of the molecule is Cc1ccc(C(=O)NC2CCN(C(=O)Oc3ccccc3)CC2)cc1C. The fourth-order valence-electron chi connectivity index (χ4n) is 3.01. The fourth-order valence-corrected chi connectivity index (χ4v) is 3.01. The van der Waals surface area contributed by atoms with Gasteiger partial charge in [-0.15, -0.1) is 0 Å². The second kappa shape index (κ2) is 8.04. The van der Waals surface area contributed by atoms with Crippen LogP contribution in [0.4, 0.5) is 4.79 Å². The molecule has 2 aromatic carbocycles. The van der Waals surface area contributed by atoms with Gasteiger partial charge in [-0.25, -0.2) is 4.79 Å². The Morgan fingerprint density at radius 1 is 1.00 bits per heavy atom. The van der Waals surface area contributed by atoms with E-state index in [1.165, 1.54) is 5.56 Å². The van der Waals surface area contributed by atoms with Gasteiger partial charge in [-0.1, -0.05) is 24.3 Å². The number of para-hydroxylation sites is 1. The summed E-state index contributed by atoms with van der Waals surface area (Å²) in [5.74, 6) is 0.487. The number of hydrogen-bond donors (Lipinski definition) is 1. The third-order valence-electron chi connectivity index (χ3n) is 4.81. The maximum atomic E-state index is 12.4. The number of piperidine rings is 1. The number of ether oxygens (including phenoxy) is 1. The largest absolute Gasteiger partial charge is 0.415 e. The van der Waals surface area contributed by atoms with E-state index in [1.54, 1.807) is 17.0 Å². The van der Waals surface area contributed by atoms with Gasteiger partial charge in [0.25, 0.3) is 5.91 Å². The molecule has 2 amide bonds. The molecule has 5 nitrogen and oxygen atoms in total. The van der Waals surface area contributed by atoms with Crippen LogP contribution in [0.15, 0.2) is 48.5 Å². The Kier molecular flexibility index (Phi) is 5.56. The zero-order valence-corrected chi connectivity index (χ0v) is 15.2. The lowest BCUT2D eigenvalue weighted by Gasteiger charge is -2.31. The van der Waals surface area contributed by atoms with Crippen LogP contribution in [0, 0.1) is 13.8 Å². The highest BCUT2D eigenvalue weighted by Gasteiger charge is 2.25. The summed E-state index contributed by atoms with van der Waals surface area (Å²) in [4.78, 5) is 26.3. The zero-order valence-electron chi connectivity index (χ0n) is 15.2. The Balaban J connectivity index is 1.49. The van der Waals surface area contributed by atoms with Crippen molar-refractivity contribution < 1.29 is 14.3 Å². The van der Waals surface area contributed by atoms with Gasteiger partial charge in [0.15, 0.2) is 0 Å². The molecular weight excluding hydrogens is 328 g/mol. The molecular formula is C21H24N2O3. The molecule has 2 aromatic rings. The van der Waals surface area contributed by atoms with Crippen LogP contribution in [0.2, 0.25) is 0 Å². The average Bonchev–Trinajstić information content (AvgIpc) is 2.65. The van der Waals surface area contributed by atoms with Crippen LogP contribution in [0.3, 0.4) is 0 Å². The summed E-state index contributed by atoms with van der Waals surface area (Å²) in [5, 5.41) is 3.07. The summed E-state index contributed by atoms with van der Waals surface area (Å²) in [7, 11) is 0. The lowest BCUT2D eigenvalue weighted by molar-refractivity contribution is 0.0910. The van der Waals surface area contributed by atoms with Gasteiger partial charge < -0.3 is 15.0 Å². The van der Waals surface area contributed by atoms with Gasteiger partial charge in [-0.3, -0.25) is 4.79 Å². The molecule has 1 heterocycles. The molecule has 1 saturated heterocycles. The van der Waals surface area contributed by atoms with Crippen LogP contribution in [0.1, 0.15) is 34.3 Å². The van der Waals surface area contributed by atoms with Crippen LogP contribution >= 0.6 is 0 Å². The molecule has 0 spiro atoms. The first-order chi connectivity index (χ1) is 12.5. The van der Waals surface area contributed by atoms with Crippen molar-refractivity contribution in [2.45, 2.75) is 32.7 Å². The predicted octanol–water partition coefficient (Wildman–Crippen LogP) is 3.70. The first-order valence-electron chi connectivity index (χ1n) is 8.93. The minimum absolute atomic E-state index is 0.0570. The number of carbonyl (C=O) groups excluding carboxylic acids is 2. The summed E-state index contributed by atoms with van der Waals surface area (Å²) >= 11 is 0. The average molecular weight is 352 g/mol. The lowest BCUT2D eigenvalue weighted by Crippen LogP contribution is -2.47. The molecule has 0 aliphatic carbocycles. The summed E-state index contributed by atoms with van der Waals surface area (Å²) in [6.45, 7) is 5.18. The van der Waals surface area contributed by atoms with Crippen molar-refractivity contribution in [2.24, 2.45) is 0 Å². The maximum absolute atomic E-state index is 12.4. The van der Waals surface area contributed by atoms with E-state index in [1.807, 2.05) is 50.2 Å². The van der Waals surface area contributed by atoms with Crippen LogP contribution in [0.25, 0.3) is 0 Å². The van der Waals surface area contributed by atoms with Crippen molar-refractivity contribution in [3.63, 3.8) is 0 Å². The van der Waals surface area contributed by atoms with Crippen LogP contribution in [-0.2, 0) is 0 Å². The molecule has 26 heavy (non-hydrogen) atoms. The molecule has 3 rings (SSSR count). The van der Waals surface area contributed by atoms with E-state index in [-0.39, 0.29) is 18.0 Å². The van der Waals surface area contributed by atoms with Gasteiger partial charge in [0.1, 0.15) is 5.75 Å². The quantitative estimate of drug-likeness (QED) is 0.916. The zero-order chi connectivity index (χ0) is 18.5. The van der Waals surface area contributed by atoms with Crippen LogP contribution in [0.5, 0.6) is 5.75 Å². The van der Waals surface area contributed by atoms with Crippen molar-refractivity contribution in [3.8, 4) is 5.75 Å². The number of nitrogens with zero attached hydrogens (tertiary/aromatic N) is 1. The summed E-state index contributed by atoms with van der Waals surface area (Å²) in [5.41, 5.74) is 2.96. The molecule has 1 N–H and O–H groups in total. The van der Waals surface area contributed by atoms with Crippen molar-refractivity contribution >= 4 is 12.0 Å². The molecule has 0 saturated carbocycles. The smallest absolute Gasteiger partial charge is 0.410 e. The minimum Gasteiger partial charge on any atom is -0.410 e. The summed E-state index contributed by atoms with van der Waals surface area (Å²) < 4.78 is 5.36. The van der Waals surface area contributed by atoms with Gasteiger partial charge in [-0.05, 0) is 62.1 Å². The van der Waals surface area contributed by atoms with E-state index in [2.05, 4.69) is 5.32 Å². The normalized spacial score (nSPS) is 14.8. The number of hydrogen-bond acceptors (Lipinski definition) is 3. The standard InChI is InChI=1S/C21H24N2O3/c1-15-8-9-17(14-16(15)2)20(24)22-18-10-12-23(13-11-18)21(25)26-19-6-4-3-5-7-19/h3-9,14,18H,10-13H2,1-2H3,(H,22,24). The second-order valence-electron chi connectivity index (χ2n) is 6.71. The van der Waals surface area contributed by atoms with E-state index >= 15 is 0 Å². The van der Waals surface area contributed by atoms with E-state index in [0.29, 0.717) is 24.4 Å². The molecule has 1 aliphatic rings. The van der Waals surface area contributed by atoms with Crippen molar-refractivity contribution in [1.29, 1.82) is 0 Å². The number of rotatable bonds is 3. The van der Waals surface area contributed by atoms with Gasteiger partial charge in [-0.2, -0.15) is 0 Å². The first kappa shape index (κ1) is 18.0. The van der Waals surface area contributed by atoms with Crippen molar-refractivity contribution in [1.82, 2.24) is 10.2 Å². The summed E-state index contributed by atoms with van der Waals surface area (Å²) in [6.07, 6.45) is 1.11. The molecule has 5 heteroatoms. The van der Waals surface area contributed by atoms with Crippen molar-refractivity contribution in [3.05, 3.63) is 65.2 Å².